The van der Waals surface area contributed by atoms with E-state index in [1.807, 2.05) is 6.07 Å². The van der Waals surface area contributed by atoms with Gasteiger partial charge in [-0.15, -0.1) is 0 Å². The lowest BCUT2D eigenvalue weighted by molar-refractivity contribution is -0.0441. The summed E-state index contributed by atoms with van der Waals surface area (Å²) in [6.45, 7) is 5.15. The molecule has 0 unspecified atom stereocenters. The molecule has 0 bridgehead atoms. The van der Waals surface area contributed by atoms with Crippen LogP contribution in [0, 0.1) is 17.2 Å². The monoisotopic (exact) mass is 243 g/mol. The van der Waals surface area contributed by atoms with Crippen LogP contribution in [0.4, 0.5) is 0 Å². The van der Waals surface area contributed by atoms with Crippen LogP contribution in [0.25, 0.3) is 0 Å². The minimum absolute atomic E-state index is 0.0107. The second-order valence-electron chi connectivity index (χ2n) is 5.59. The standard InChI is InChI=1S/C16H21NO/c1-13(2)15-12-16(8-10-17,9-11-18-15)14-6-4-3-5-7-14/h3-7,13,15H,8-9,11-12H2,1-2H3/t15-,16-/m0/s1. The molecule has 1 saturated heterocycles. The first-order valence-corrected chi connectivity index (χ1v) is 6.72. The van der Waals surface area contributed by atoms with Crippen molar-refractivity contribution in [1.82, 2.24) is 0 Å². The van der Waals surface area contributed by atoms with Crippen LogP contribution in [0.3, 0.4) is 0 Å². The van der Waals surface area contributed by atoms with Gasteiger partial charge in [0.25, 0.3) is 0 Å². The number of nitrogens with zero attached hydrogens (tertiary/aromatic N) is 1. The number of nitriles is 1. The van der Waals surface area contributed by atoms with Gasteiger partial charge >= 0.3 is 0 Å². The summed E-state index contributed by atoms with van der Waals surface area (Å²) >= 11 is 0. The Kier molecular flexibility index (Phi) is 4.04. The Morgan fingerprint density at radius 1 is 1.39 bits per heavy atom. The number of ether oxygens (including phenoxy) is 1. The van der Waals surface area contributed by atoms with Crippen molar-refractivity contribution in [3.8, 4) is 6.07 Å². The number of rotatable bonds is 3. The highest BCUT2D eigenvalue weighted by Crippen LogP contribution is 2.41. The van der Waals surface area contributed by atoms with Crippen LogP contribution in [-0.4, -0.2) is 12.7 Å². The molecule has 1 aromatic carbocycles. The molecule has 1 fully saturated rings. The van der Waals surface area contributed by atoms with E-state index >= 15 is 0 Å². The van der Waals surface area contributed by atoms with Gasteiger partial charge in [-0.1, -0.05) is 44.2 Å². The molecule has 0 aliphatic carbocycles. The van der Waals surface area contributed by atoms with Crippen molar-refractivity contribution in [2.24, 2.45) is 5.92 Å². The summed E-state index contributed by atoms with van der Waals surface area (Å²) in [4.78, 5) is 0. The van der Waals surface area contributed by atoms with Gasteiger partial charge in [0.1, 0.15) is 0 Å². The Labute approximate surface area is 110 Å². The predicted octanol–water partition coefficient (Wildman–Crippen LogP) is 3.67. The maximum atomic E-state index is 9.18. The lowest BCUT2D eigenvalue weighted by Crippen LogP contribution is -2.40. The third kappa shape index (κ3) is 2.57. The molecule has 18 heavy (non-hydrogen) atoms. The van der Waals surface area contributed by atoms with E-state index in [-0.39, 0.29) is 11.5 Å². The molecule has 0 spiro atoms. The molecule has 2 rings (SSSR count). The lowest BCUT2D eigenvalue weighted by atomic mass is 9.69. The Bertz CT molecular complexity index is 420. The summed E-state index contributed by atoms with van der Waals surface area (Å²) in [5, 5.41) is 9.18. The van der Waals surface area contributed by atoms with Gasteiger partial charge in [-0.05, 0) is 24.3 Å². The Balaban J connectivity index is 2.30. The summed E-state index contributed by atoms with van der Waals surface area (Å²) in [5.41, 5.74) is 1.28. The van der Waals surface area contributed by atoms with E-state index in [0.29, 0.717) is 12.3 Å². The summed E-state index contributed by atoms with van der Waals surface area (Å²) in [6, 6.07) is 12.8. The fourth-order valence-corrected chi connectivity index (χ4v) is 2.85. The van der Waals surface area contributed by atoms with Gasteiger partial charge < -0.3 is 4.74 Å². The van der Waals surface area contributed by atoms with Crippen LogP contribution in [0.5, 0.6) is 0 Å². The SMILES string of the molecule is CC(C)[C@@H]1C[C@@](CC#N)(c2ccccc2)CCO1. The van der Waals surface area contributed by atoms with E-state index in [2.05, 4.69) is 44.2 Å². The van der Waals surface area contributed by atoms with E-state index in [4.69, 9.17) is 4.74 Å². The van der Waals surface area contributed by atoms with Crippen LogP contribution in [0.1, 0.15) is 38.7 Å². The molecule has 1 aliphatic rings. The molecule has 1 aliphatic heterocycles. The fourth-order valence-electron chi connectivity index (χ4n) is 2.85. The van der Waals surface area contributed by atoms with E-state index in [0.717, 1.165) is 19.4 Å². The minimum Gasteiger partial charge on any atom is -0.378 e. The number of benzene rings is 1. The molecular weight excluding hydrogens is 222 g/mol. The zero-order valence-corrected chi connectivity index (χ0v) is 11.2. The molecule has 0 radical (unpaired) electrons. The summed E-state index contributed by atoms with van der Waals surface area (Å²) < 4.78 is 5.85. The highest BCUT2D eigenvalue weighted by atomic mass is 16.5. The van der Waals surface area contributed by atoms with Gasteiger partial charge in [0.15, 0.2) is 0 Å². The first-order chi connectivity index (χ1) is 8.68. The van der Waals surface area contributed by atoms with Crippen molar-refractivity contribution in [1.29, 1.82) is 5.26 Å². The fraction of sp³-hybridized carbons (Fsp3) is 0.562. The minimum atomic E-state index is -0.0107. The summed E-state index contributed by atoms with van der Waals surface area (Å²) in [7, 11) is 0. The Morgan fingerprint density at radius 2 is 2.11 bits per heavy atom. The third-order valence-corrected chi connectivity index (χ3v) is 4.05. The smallest absolute Gasteiger partial charge is 0.0631 e. The maximum Gasteiger partial charge on any atom is 0.0631 e. The van der Waals surface area contributed by atoms with Gasteiger partial charge in [0, 0.05) is 18.4 Å². The van der Waals surface area contributed by atoms with Crippen molar-refractivity contribution >= 4 is 0 Å². The van der Waals surface area contributed by atoms with E-state index in [9.17, 15) is 5.26 Å². The van der Waals surface area contributed by atoms with Gasteiger partial charge in [-0.2, -0.15) is 5.26 Å². The zero-order chi connectivity index (χ0) is 13.0. The van der Waals surface area contributed by atoms with E-state index in [1.165, 1.54) is 5.56 Å². The second-order valence-corrected chi connectivity index (χ2v) is 5.59. The van der Waals surface area contributed by atoms with E-state index in [1.54, 1.807) is 0 Å². The van der Waals surface area contributed by atoms with Crippen LogP contribution >= 0.6 is 0 Å². The first kappa shape index (κ1) is 13.1. The molecule has 2 heteroatoms. The molecule has 0 aromatic heterocycles. The van der Waals surface area contributed by atoms with Crippen LogP contribution < -0.4 is 0 Å². The lowest BCUT2D eigenvalue weighted by Gasteiger charge is -2.41. The zero-order valence-electron chi connectivity index (χ0n) is 11.2. The summed E-state index contributed by atoms with van der Waals surface area (Å²) in [6.07, 6.45) is 2.77. The molecule has 0 saturated carbocycles. The first-order valence-electron chi connectivity index (χ1n) is 6.72. The van der Waals surface area contributed by atoms with Crippen molar-refractivity contribution < 1.29 is 4.74 Å². The van der Waals surface area contributed by atoms with Gasteiger partial charge in [0.05, 0.1) is 12.2 Å². The molecule has 1 heterocycles. The molecule has 0 amide bonds. The summed E-state index contributed by atoms with van der Waals surface area (Å²) in [5.74, 6) is 0.507. The van der Waals surface area contributed by atoms with Crippen LogP contribution in [0.15, 0.2) is 30.3 Å². The molecule has 1 aromatic rings. The maximum absolute atomic E-state index is 9.18. The largest absolute Gasteiger partial charge is 0.378 e. The van der Waals surface area contributed by atoms with Crippen LogP contribution in [-0.2, 0) is 10.2 Å². The van der Waals surface area contributed by atoms with Crippen molar-refractivity contribution in [3.05, 3.63) is 35.9 Å². The molecule has 0 N–H and O–H groups in total. The van der Waals surface area contributed by atoms with E-state index < -0.39 is 0 Å². The molecular formula is C16H21NO. The third-order valence-electron chi connectivity index (χ3n) is 4.05. The van der Waals surface area contributed by atoms with Gasteiger partial charge in [0.2, 0.25) is 0 Å². The van der Waals surface area contributed by atoms with Crippen molar-refractivity contribution in [2.75, 3.05) is 6.61 Å². The normalized spacial score (nSPS) is 28.0. The molecule has 2 nitrogen and oxygen atoms in total. The average Bonchev–Trinajstić information content (AvgIpc) is 2.40. The van der Waals surface area contributed by atoms with Crippen molar-refractivity contribution in [3.63, 3.8) is 0 Å². The number of hydrogen-bond acceptors (Lipinski definition) is 2. The molecule has 96 valence electrons. The van der Waals surface area contributed by atoms with Crippen molar-refractivity contribution in [2.45, 2.75) is 44.6 Å². The Hall–Kier alpha value is -1.33. The quantitative estimate of drug-likeness (QED) is 0.811. The Morgan fingerprint density at radius 3 is 2.72 bits per heavy atom. The van der Waals surface area contributed by atoms with Crippen LogP contribution in [0.2, 0.25) is 0 Å². The molecule has 2 atom stereocenters. The number of hydrogen-bond donors (Lipinski definition) is 0. The predicted molar refractivity (Wildman–Crippen MR) is 72.2 cm³/mol. The highest BCUT2D eigenvalue weighted by Gasteiger charge is 2.39. The van der Waals surface area contributed by atoms with Gasteiger partial charge in [-0.25, -0.2) is 0 Å². The topological polar surface area (TPSA) is 33.0 Å². The van der Waals surface area contributed by atoms with Gasteiger partial charge in [-0.3, -0.25) is 0 Å². The highest BCUT2D eigenvalue weighted by molar-refractivity contribution is 5.27. The average molecular weight is 243 g/mol. The second kappa shape index (κ2) is 5.54.